The highest BCUT2D eigenvalue weighted by Crippen LogP contribution is 2.13. The van der Waals surface area contributed by atoms with Crippen LogP contribution in [0.4, 0.5) is 0 Å². The number of carbonyl (C=O) groups is 1. The fourth-order valence-corrected chi connectivity index (χ4v) is 2.05. The minimum Gasteiger partial charge on any atom is -0.505 e. The number of benzene rings is 1. The van der Waals surface area contributed by atoms with Crippen molar-refractivity contribution in [3.8, 4) is 11.4 Å². The molecule has 0 aliphatic rings. The molecule has 0 fully saturated rings. The monoisotopic (exact) mass is 302 g/mol. The SMILES string of the molecule is CCCCc1ccc(-n2nc(C(=O)NN)c(O)cc2=O)cc1. The van der Waals surface area contributed by atoms with Gasteiger partial charge in [-0.05, 0) is 30.5 Å². The first-order valence-electron chi connectivity index (χ1n) is 7.00. The Morgan fingerprint density at radius 2 is 2.05 bits per heavy atom. The van der Waals surface area contributed by atoms with E-state index in [2.05, 4.69) is 12.0 Å². The van der Waals surface area contributed by atoms with Crippen LogP contribution in [0.3, 0.4) is 0 Å². The smallest absolute Gasteiger partial charge is 0.289 e. The van der Waals surface area contributed by atoms with Crippen LogP contribution in [-0.2, 0) is 6.42 Å². The second kappa shape index (κ2) is 6.86. The standard InChI is InChI=1S/C15H18N4O3/c1-2-3-4-10-5-7-11(8-6-10)19-13(21)9-12(20)14(18-19)15(22)17-16/h5-9,20H,2-4,16H2,1H3,(H,17,22). The Morgan fingerprint density at radius 3 is 2.64 bits per heavy atom. The van der Waals surface area contributed by atoms with Crippen molar-refractivity contribution in [1.82, 2.24) is 15.2 Å². The molecule has 0 bridgehead atoms. The Balaban J connectivity index is 2.39. The molecule has 7 nitrogen and oxygen atoms in total. The maximum atomic E-state index is 11.9. The van der Waals surface area contributed by atoms with Crippen molar-refractivity contribution in [1.29, 1.82) is 0 Å². The number of hydrazine groups is 1. The van der Waals surface area contributed by atoms with Crippen molar-refractivity contribution in [2.75, 3.05) is 0 Å². The lowest BCUT2D eigenvalue weighted by molar-refractivity contribution is 0.0943. The Bertz CT molecular complexity index is 723. The maximum Gasteiger partial charge on any atom is 0.289 e. The number of amides is 1. The van der Waals surface area contributed by atoms with Crippen molar-refractivity contribution < 1.29 is 9.90 Å². The molecule has 1 amide bonds. The predicted octanol–water partition coefficient (Wildman–Crippen LogP) is 0.884. The maximum absolute atomic E-state index is 11.9. The van der Waals surface area contributed by atoms with E-state index in [0.29, 0.717) is 5.69 Å². The van der Waals surface area contributed by atoms with Gasteiger partial charge in [-0.2, -0.15) is 9.78 Å². The van der Waals surface area contributed by atoms with E-state index in [-0.39, 0.29) is 5.69 Å². The van der Waals surface area contributed by atoms with Gasteiger partial charge >= 0.3 is 0 Å². The molecular formula is C15H18N4O3. The van der Waals surface area contributed by atoms with Gasteiger partial charge in [0.25, 0.3) is 11.5 Å². The highest BCUT2D eigenvalue weighted by Gasteiger charge is 2.15. The Hall–Kier alpha value is -2.67. The number of aromatic hydroxyl groups is 1. The number of unbranched alkanes of at least 4 members (excludes halogenated alkanes) is 1. The van der Waals surface area contributed by atoms with E-state index >= 15 is 0 Å². The van der Waals surface area contributed by atoms with E-state index in [1.165, 1.54) is 0 Å². The molecule has 4 N–H and O–H groups in total. The number of hydrogen-bond donors (Lipinski definition) is 3. The van der Waals surface area contributed by atoms with Crippen LogP contribution in [-0.4, -0.2) is 20.8 Å². The van der Waals surface area contributed by atoms with Crippen molar-refractivity contribution in [3.05, 3.63) is 51.9 Å². The Kier molecular flexibility index (Phi) is 4.90. The summed E-state index contributed by atoms with van der Waals surface area (Å²) in [6.45, 7) is 2.12. The van der Waals surface area contributed by atoms with Gasteiger partial charge in [0.1, 0.15) is 0 Å². The van der Waals surface area contributed by atoms with Gasteiger partial charge in [-0.25, -0.2) is 5.84 Å². The van der Waals surface area contributed by atoms with E-state index in [0.717, 1.165) is 35.6 Å². The number of nitrogens with two attached hydrogens (primary N) is 1. The molecule has 116 valence electrons. The number of hydrogen-bond acceptors (Lipinski definition) is 5. The van der Waals surface area contributed by atoms with Crippen LogP contribution in [0.25, 0.3) is 5.69 Å². The lowest BCUT2D eigenvalue weighted by Crippen LogP contribution is -2.33. The molecule has 0 atom stereocenters. The third-order valence-corrected chi connectivity index (χ3v) is 3.26. The second-order valence-electron chi connectivity index (χ2n) is 4.87. The number of rotatable bonds is 5. The molecule has 0 spiro atoms. The van der Waals surface area contributed by atoms with Crippen molar-refractivity contribution >= 4 is 5.91 Å². The summed E-state index contributed by atoms with van der Waals surface area (Å²) in [4.78, 5) is 23.5. The first-order valence-corrected chi connectivity index (χ1v) is 7.00. The summed E-state index contributed by atoms with van der Waals surface area (Å²) < 4.78 is 1.05. The molecule has 1 heterocycles. The summed E-state index contributed by atoms with van der Waals surface area (Å²) in [5, 5.41) is 13.5. The second-order valence-corrected chi connectivity index (χ2v) is 4.87. The molecule has 0 aliphatic carbocycles. The molecule has 2 aromatic rings. The summed E-state index contributed by atoms with van der Waals surface area (Å²) in [6.07, 6.45) is 3.17. The number of nitrogens with one attached hydrogen (secondary N) is 1. The first kappa shape index (κ1) is 15.7. The molecule has 2 rings (SSSR count). The van der Waals surface area contributed by atoms with Gasteiger partial charge in [0.05, 0.1) is 5.69 Å². The fourth-order valence-electron chi connectivity index (χ4n) is 2.05. The Labute approximate surface area is 127 Å². The topological polar surface area (TPSA) is 110 Å². The van der Waals surface area contributed by atoms with Crippen LogP contribution in [0.2, 0.25) is 0 Å². The molecular weight excluding hydrogens is 284 g/mol. The van der Waals surface area contributed by atoms with Crippen LogP contribution in [0.5, 0.6) is 5.75 Å². The summed E-state index contributed by atoms with van der Waals surface area (Å²) in [5.41, 5.74) is 2.71. The molecule has 22 heavy (non-hydrogen) atoms. The molecule has 0 radical (unpaired) electrons. The molecule has 0 unspecified atom stereocenters. The van der Waals surface area contributed by atoms with Gasteiger partial charge in [-0.15, -0.1) is 0 Å². The zero-order valence-corrected chi connectivity index (χ0v) is 12.2. The molecule has 0 saturated carbocycles. The fraction of sp³-hybridized carbons (Fsp3) is 0.267. The first-order chi connectivity index (χ1) is 10.6. The van der Waals surface area contributed by atoms with E-state index in [9.17, 15) is 14.7 Å². The number of nitrogens with zero attached hydrogens (tertiary/aromatic N) is 2. The highest BCUT2D eigenvalue weighted by molar-refractivity contribution is 5.94. The summed E-state index contributed by atoms with van der Waals surface area (Å²) in [5.74, 6) is 3.75. The van der Waals surface area contributed by atoms with E-state index in [4.69, 9.17) is 5.84 Å². The van der Waals surface area contributed by atoms with Crippen LogP contribution in [0.15, 0.2) is 35.1 Å². The van der Waals surface area contributed by atoms with Crippen molar-refractivity contribution in [2.24, 2.45) is 5.84 Å². The third-order valence-electron chi connectivity index (χ3n) is 3.26. The van der Waals surface area contributed by atoms with Gasteiger partial charge < -0.3 is 5.11 Å². The molecule has 1 aromatic heterocycles. The molecule has 7 heteroatoms. The number of carbonyl (C=O) groups excluding carboxylic acids is 1. The van der Waals surface area contributed by atoms with Crippen LogP contribution < -0.4 is 16.8 Å². The van der Waals surface area contributed by atoms with E-state index in [1.54, 1.807) is 12.1 Å². The Morgan fingerprint density at radius 1 is 1.36 bits per heavy atom. The van der Waals surface area contributed by atoms with Gasteiger partial charge in [0.2, 0.25) is 0 Å². The number of aryl methyl sites for hydroxylation is 1. The quantitative estimate of drug-likeness (QED) is 0.431. The molecule has 0 saturated heterocycles. The van der Waals surface area contributed by atoms with E-state index in [1.807, 2.05) is 17.6 Å². The minimum atomic E-state index is -0.772. The van der Waals surface area contributed by atoms with Gasteiger partial charge in [-0.3, -0.25) is 15.0 Å². The van der Waals surface area contributed by atoms with Gasteiger partial charge in [-0.1, -0.05) is 25.5 Å². The van der Waals surface area contributed by atoms with Gasteiger partial charge in [0, 0.05) is 6.07 Å². The predicted molar refractivity (Wildman–Crippen MR) is 81.8 cm³/mol. The average Bonchev–Trinajstić information content (AvgIpc) is 2.53. The summed E-state index contributed by atoms with van der Waals surface area (Å²) in [6, 6.07) is 8.26. The third kappa shape index (κ3) is 3.32. The number of nitrogen functional groups attached to an aromatic ring is 1. The van der Waals surface area contributed by atoms with Crippen molar-refractivity contribution in [2.45, 2.75) is 26.2 Å². The largest absolute Gasteiger partial charge is 0.505 e. The summed E-state index contributed by atoms with van der Waals surface area (Å²) >= 11 is 0. The van der Waals surface area contributed by atoms with Crippen LogP contribution in [0.1, 0.15) is 35.8 Å². The molecule has 1 aromatic carbocycles. The normalized spacial score (nSPS) is 10.5. The van der Waals surface area contributed by atoms with Gasteiger partial charge in [0.15, 0.2) is 11.4 Å². The minimum absolute atomic E-state index is 0.308. The van der Waals surface area contributed by atoms with Crippen LogP contribution in [0, 0.1) is 0 Å². The lowest BCUT2D eigenvalue weighted by Gasteiger charge is -2.08. The number of aromatic nitrogens is 2. The average molecular weight is 302 g/mol. The zero-order valence-electron chi connectivity index (χ0n) is 12.2. The highest BCUT2D eigenvalue weighted by atomic mass is 16.3. The zero-order chi connectivity index (χ0) is 16.1. The molecule has 0 aliphatic heterocycles. The van der Waals surface area contributed by atoms with Crippen LogP contribution >= 0.6 is 0 Å². The lowest BCUT2D eigenvalue weighted by atomic mass is 10.1. The van der Waals surface area contributed by atoms with E-state index < -0.39 is 17.2 Å². The van der Waals surface area contributed by atoms with Crippen molar-refractivity contribution in [3.63, 3.8) is 0 Å². The summed E-state index contributed by atoms with van der Waals surface area (Å²) in [7, 11) is 0.